The molecule has 1 N–H and O–H groups in total. The quantitative estimate of drug-likeness (QED) is 0.509. The van der Waals surface area contributed by atoms with Gasteiger partial charge in [0.2, 0.25) is 0 Å². The van der Waals surface area contributed by atoms with E-state index in [0.29, 0.717) is 0 Å². The van der Waals surface area contributed by atoms with E-state index in [1.54, 1.807) is 39.0 Å². The van der Waals surface area contributed by atoms with Gasteiger partial charge in [-0.1, -0.05) is 24.1 Å². The summed E-state index contributed by atoms with van der Waals surface area (Å²) in [6.07, 6.45) is -0.998. The molecule has 0 bridgehead atoms. The number of ether oxygens (including phenoxy) is 1. The molecule has 0 saturated heterocycles. The molecule has 1 rings (SSSR count). The summed E-state index contributed by atoms with van der Waals surface area (Å²) < 4.78 is 30.9. The SMILES string of the molecule is CC(CC#CNS(=O)(=O)c1ccccc1)N([O-])C(=O)OC(C)(C)C. The molecule has 132 valence electrons. The lowest BCUT2D eigenvalue weighted by Gasteiger charge is -2.35. The van der Waals surface area contributed by atoms with Crippen LogP contribution in [0.3, 0.4) is 0 Å². The minimum absolute atomic E-state index is 0.0000521. The zero-order valence-electron chi connectivity index (χ0n) is 14.1. The summed E-state index contributed by atoms with van der Waals surface area (Å²) in [5, 5.41) is 12.0. The smallest absolute Gasteiger partial charge is 0.399 e. The first-order chi connectivity index (χ1) is 11.0. The Labute approximate surface area is 142 Å². The van der Waals surface area contributed by atoms with Gasteiger partial charge in [-0.05, 0) is 39.8 Å². The summed E-state index contributed by atoms with van der Waals surface area (Å²) in [6.45, 7) is 6.46. The molecule has 8 heteroatoms. The van der Waals surface area contributed by atoms with Gasteiger partial charge in [0.1, 0.15) is 5.60 Å². The highest BCUT2D eigenvalue weighted by Crippen LogP contribution is 2.12. The number of carbonyl (C=O) groups is 1. The van der Waals surface area contributed by atoms with Gasteiger partial charge < -0.3 is 15.0 Å². The van der Waals surface area contributed by atoms with Crippen LogP contribution in [-0.2, 0) is 14.8 Å². The van der Waals surface area contributed by atoms with Crippen LogP contribution in [0.1, 0.15) is 34.1 Å². The van der Waals surface area contributed by atoms with Crippen LogP contribution in [0.25, 0.3) is 0 Å². The number of hydrogen-bond acceptors (Lipinski definition) is 5. The fraction of sp³-hybridized carbons (Fsp3) is 0.438. The summed E-state index contributed by atoms with van der Waals surface area (Å²) in [5.41, 5.74) is -0.767. The van der Waals surface area contributed by atoms with Crippen LogP contribution in [0.2, 0.25) is 0 Å². The Morgan fingerprint density at radius 3 is 2.46 bits per heavy atom. The molecule has 0 spiro atoms. The highest BCUT2D eigenvalue weighted by Gasteiger charge is 2.19. The Hall–Kier alpha value is -2.24. The van der Waals surface area contributed by atoms with E-state index < -0.39 is 27.8 Å². The monoisotopic (exact) mass is 353 g/mol. The Morgan fingerprint density at radius 1 is 1.33 bits per heavy atom. The fourth-order valence-electron chi connectivity index (χ4n) is 1.53. The van der Waals surface area contributed by atoms with E-state index in [2.05, 4.69) is 16.7 Å². The first-order valence-corrected chi connectivity index (χ1v) is 8.75. The molecule has 7 nitrogen and oxygen atoms in total. The second-order valence-corrected chi connectivity index (χ2v) is 7.76. The molecule has 24 heavy (non-hydrogen) atoms. The molecule has 1 amide bonds. The topological polar surface area (TPSA) is 98.8 Å². The first-order valence-electron chi connectivity index (χ1n) is 7.27. The summed E-state index contributed by atoms with van der Waals surface area (Å²) in [4.78, 5) is 11.7. The molecule has 1 atom stereocenters. The Morgan fingerprint density at radius 2 is 1.92 bits per heavy atom. The Kier molecular flexibility index (Phi) is 6.63. The van der Waals surface area contributed by atoms with Crippen molar-refractivity contribution in [2.24, 2.45) is 0 Å². The number of sulfonamides is 1. The van der Waals surface area contributed by atoms with Crippen LogP contribution >= 0.6 is 0 Å². The molecular formula is C16H21N2O5S-. The first kappa shape index (κ1) is 19.8. The van der Waals surface area contributed by atoms with Gasteiger partial charge in [0, 0.05) is 18.5 Å². The van der Waals surface area contributed by atoms with Crippen molar-refractivity contribution < 1.29 is 17.9 Å². The van der Waals surface area contributed by atoms with E-state index >= 15 is 0 Å². The molecule has 0 radical (unpaired) electrons. The predicted octanol–water partition coefficient (Wildman–Crippen LogP) is 2.44. The van der Waals surface area contributed by atoms with Gasteiger partial charge in [-0.15, -0.1) is 0 Å². The lowest BCUT2D eigenvalue weighted by Crippen LogP contribution is -2.38. The average Bonchev–Trinajstić information content (AvgIpc) is 2.49. The Bertz CT molecular complexity index is 714. The minimum atomic E-state index is -3.73. The lowest BCUT2D eigenvalue weighted by atomic mass is 10.2. The van der Waals surface area contributed by atoms with E-state index in [9.17, 15) is 18.4 Å². The number of carbonyl (C=O) groups excluding carboxylic acids is 1. The van der Waals surface area contributed by atoms with E-state index in [0.717, 1.165) is 0 Å². The molecular weight excluding hydrogens is 332 g/mol. The Balaban J connectivity index is 2.58. The van der Waals surface area contributed by atoms with Gasteiger partial charge in [-0.3, -0.25) is 0 Å². The third kappa shape index (κ3) is 6.48. The van der Waals surface area contributed by atoms with Crippen molar-refractivity contribution in [1.29, 1.82) is 0 Å². The van der Waals surface area contributed by atoms with Crippen molar-refractivity contribution in [3.63, 3.8) is 0 Å². The van der Waals surface area contributed by atoms with E-state index in [1.807, 2.05) is 0 Å². The molecule has 0 aliphatic heterocycles. The molecule has 0 aromatic heterocycles. The number of nitrogens with one attached hydrogen (secondary N) is 1. The number of benzene rings is 1. The van der Waals surface area contributed by atoms with Crippen LogP contribution in [0.4, 0.5) is 4.79 Å². The van der Waals surface area contributed by atoms with Gasteiger partial charge in [0.15, 0.2) is 0 Å². The third-order valence-corrected chi connectivity index (χ3v) is 3.96. The van der Waals surface area contributed by atoms with Crippen LogP contribution in [0, 0.1) is 17.2 Å². The number of amides is 1. The second-order valence-electron chi connectivity index (χ2n) is 6.08. The number of nitrogens with zero attached hydrogens (tertiary/aromatic N) is 1. The number of rotatable bonds is 4. The van der Waals surface area contributed by atoms with Crippen molar-refractivity contribution >= 4 is 16.1 Å². The van der Waals surface area contributed by atoms with Gasteiger partial charge in [-0.25, -0.2) is 17.9 Å². The highest BCUT2D eigenvalue weighted by atomic mass is 32.2. The molecule has 0 aliphatic carbocycles. The molecule has 1 unspecified atom stereocenters. The third-order valence-electron chi connectivity index (χ3n) is 2.70. The summed E-state index contributed by atoms with van der Waals surface area (Å²) in [7, 11) is -3.73. The van der Waals surface area contributed by atoms with Crippen molar-refractivity contribution in [2.75, 3.05) is 0 Å². The van der Waals surface area contributed by atoms with Crippen molar-refractivity contribution in [1.82, 2.24) is 9.79 Å². The zero-order valence-corrected chi connectivity index (χ0v) is 14.9. The van der Waals surface area contributed by atoms with Crippen molar-refractivity contribution in [3.05, 3.63) is 35.5 Å². The molecule has 0 heterocycles. The normalized spacial score (nSPS) is 12.5. The van der Waals surface area contributed by atoms with Gasteiger partial charge in [0.25, 0.3) is 10.0 Å². The summed E-state index contributed by atoms with van der Waals surface area (Å²) >= 11 is 0. The van der Waals surface area contributed by atoms with Crippen LogP contribution in [0.15, 0.2) is 35.2 Å². The molecule has 0 aliphatic rings. The van der Waals surface area contributed by atoms with Gasteiger partial charge >= 0.3 is 6.09 Å². The van der Waals surface area contributed by atoms with E-state index in [-0.39, 0.29) is 16.4 Å². The maximum absolute atomic E-state index is 11.9. The van der Waals surface area contributed by atoms with Crippen LogP contribution in [-0.4, -0.2) is 31.2 Å². The minimum Gasteiger partial charge on any atom is -0.753 e. The van der Waals surface area contributed by atoms with E-state index in [1.165, 1.54) is 19.1 Å². The predicted molar refractivity (Wildman–Crippen MR) is 90.1 cm³/mol. The second kappa shape index (κ2) is 8.04. The summed E-state index contributed by atoms with van der Waals surface area (Å²) in [6, 6.07) is 9.29. The number of hydroxylamine groups is 2. The molecule has 0 saturated carbocycles. The fourth-order valence-corrected chi connectivity index (χ4v) is 2.37. The maximum Gasteiger partial charge on any atom is 0.399 e. The summed E-state index contributed by atoms with van der Waals surface area (Å²) in [5.74, 6) is 2.52. The van der Waals surface area contributed by atoms with Crippen LogP contribution in [0.5, 0.6) is 0 Å². The van der Waals surface area contributed by atoms with E-state index in [4.69, 9.17) is 4.74 Å². The van der Waals surface area contributed by atoms with Crippen molar-refractivity contribution in [3.8, 4) is 12.0 Å². The largest absolute Gasteiger partial charge is 0.753 e. The molecule has 1 aromatic carbocycles. The highest BCUT2D eigenvalue weighted by molar-refractivity contribution is 7.89. The standard InChI is InChI=1S/C16H21N2O5S/c1-13(18(20)15(19)23-16(2,3)4)9-8-12-17-24(21,22)14-10-6-5-7-11-14/h5-7,10-11,13,17H,9H2,1-4H3/q-1. The average molecular weight is 353 g/mol. The zero-order chi connectivity index (χ0) is 18.4. The molecule has 1 aromatic rings. The number of hydrogen-bond donors (Lipinski definition) is 1. The van der Waals surface area contributed by atoms with Gasteiger partial charge in [-0.2, -0.15) is 0 Å². The maximum atomic E-state index is 11.9. The lowest BCUT2D eigenvalue weighted by molar-refractivity contribution is 0.0283. The van der Waals surface area contributed by atoms with Crippen LogP contribution < -0.4 is 4.72 Å². The van der Waals surface area contributed by atoms with Crippen molar-refractivity contribution in [2.45, 2.75) is 50.7 Å². The molecule has 0 fully saturated rings. The van der Waals surface area contributed by atoms with Gasteiger partial charge in [0.05, 0.1) is 4.90 Å².